The number of benzene rings is 2. The van der Waals surface area contributed by atoms with Gasteiger partial charge in [0.1, 0.15) is 12.4 Å². The predicted molar refractivity (Wildman–Crippen MR) is 95.9 cm³/mol. The number of rotatable bonds is 7. The zero-order chi connectivity index (χ0) is 23.2. The van der Waals surface area contributed by atoms with Gasteiger partial charge in [0, 0.05) is 12.5 Å². The highest BCUT2D eigenvalue weighted by Gasteiger charge is 2.32. The highest BCUT2D eigenvalue weighted by molar-refractivity contribution is 5.77. The minimum atomic E-state index is -4.60. The van der Waals surface area contributed by atoms with Crippen molar-refractivity contribution in [2.24, 2.45) is 0 Å². The summed E-state index contributed by atoms with van der Waals surface area (Å²) >= 11 is 0. The van der Waals surface area contributed by atoms with E-state index in [4.69, 9.17) is 9.47 Å². The molecule has 11 heteroatoms. The summed E-state index contributed by atoms with van der Waals surface area (Å²) in [6, 6.07) is 6.92. The van der Waals surface area contributed by atoms with Gasteiger partial charge in [-0.25, -0.2) is 4.79 Å². The Morgan fingerprint density at radius 1 is 0.871 bits per heavy atom. The van der Waals surface area contributed by atoms with Crippen LogP contribution in [0.5, 0.6) is 5.75 Å². The van der Waals surface area contributed by atoms with E-state index >= 15 is 0 Å². The number of hydrogen-bond donors (Lipinski definition) is 1. The Kier molecular flexibility index (Phi) is 7.53. The van der Waals surface area contributed by atoms with E-state index in [0.717, 1.165) is 48.5 Å². The van der Waals surface area contributed by atoms with Crippen molar-refractivity contribution in [3.8, 4) is 5.75 Å². The SMILES string of the molecule is CC(=O)NCCOC(=O)C(Oc1ccc(C(F)(F)F)cc1)c1ccc(C(F)(F)F)cc1. The van der Waals surface area contributed by atoms with Gasteiger partial charge < -0.3 is 14.8 Å². The molecule has 0 fully saturated rings. The van der Waals surface area contributed by atoms with Crippen LogP contribution in [0.25, 0.3) is 0 Å². The van der Waals surface area contributed by atoms with E-state index in [1.165, 1.54) is 6.92 Å². The van der Waals surface area contributed by atoms with Crippen molar-refractivity contribution in [1.82, 2.24) is 5.32 Å². The van der Waals surface area contributed by atoms with Gasteiger partial charge in [0.15, 0.2) is 0 Å². The van der Waals surface area contributed by atoms with Crippen molar-refractivity contribution >= 4 is 11.9 Å². The first-order valence-corrected chi connectivity index (χ1v) is 8.80. The van der Waals surface area contributed by atoms with Crippen LogP contribution in [0.3, 0.4) is 0 Å². The van der Waals surface area contributed by atoms with Crippen molar-refractivity contribution in [3.63, 3.8) is 0 Å². The molecule has 31 heavy (non-hydrogen) atoms. The zero-order valence-electron chi connectivity index (χ0n) is 16.0. The molecule has 1 N–H and O–H groups in total. The maximum Gasteiger partial charge on any atom is 0.416 e. The first kappa shape index (κ1) is 24.0. The molecule has 0 aliphatic rings. The molecule has 0 aromatic heterocycles. The molecular weight excluding hydrogens is 432 g/mol. The molecule has 0 spiro atoms. The summed E-state index contributed by atoms with van der Waals surface area (Å²) in [5.41, 5.74) is -1.90. The van der Waals surface area contributed by atoms with Gasteiger partial charge in [-0.15, -0.1) is 0 Å². The summed E-state index contributed by atoms with van der Waals surface area (Å²) < 4.78 is 86.9. The first-order valence-electron chi connectivity index (χ1n) is 8.80. The van der Waals surface area contributed by atoms with Crippen molar-refractivity contribution < 1.29 is 45.4 Å². The van der Waals surface area contributed by atoms with Gasteiger partial charge in [-0.3, -0.25) is 4.79 Å². The van der Waals surface area contributed by atoms with Crippen LogP contribution in [-0.4, -0.2) is 25.0 Å². The molecule has 0 heterocycles. The maximum absolute atomic E-state index is 12.8. The van der Waals surface area contributed by atoms with Gasteiger partial charge in [0.25, 0.3) is 0 Å². The van der Waals surface area contributed by atoms with Crippen LogP contribution in [0.1, 0.15) is 29.7 Å². The molecule has 0 saturated heterocycles. The molecule has 168 valence electrons. The van der Waals surface area contributed by atoms with Crippen LogP contribution in [0.4, 0.5) is 26.3 Å². The quantitative estimate of drug-likeness (QED) is 0.384. The third-order valence-electron chi connectivity index (χ3n) is 3.91. The Hall–Kier alpha value is -3.24. The summed E-state index contributed by atoms with van der Waals surface area (Å²) in [7, 11) is 0. The minimum Gasteiger partial charge on any atom is -0.474 e. The fourth-order valence-electron chi connectivity index (χ4n) is 2.41. The average molecular weight is 449 g/mol. The summed E-state index contributed by atoms with van der Waals surface area (Å²) in [5, 5.41) is 2.39. The van der Waals surface area contributed by atoms with Crippen molar-refractivity contribution in [1.29, 1.82) is 0 Å². The number of amides is 1. The maximum atomic E-state index is 12.8. The molecule has 2 rings (SSSR count). The predicted octanol–water partition coefficient (Wildman–Crippen LogP) is 4.52. The van der Waals surface area contributed by atoms with Gasteiger partial charge in [0.05, 0.1) is 17.7 Å². The van der Waals surface area contributed by atoms with Crippen LogP contribution in [0.2, 0.25) is 0 Å². The van der Waals surface area contributed by atoms with E-state index in [0.29, 0.717) is 0 Å². The van der Waals surface area contributed by atoms with Gasteiger partial charge in [0.2, 0.25) is 12.0 Å². The second kappa shape index (κ2) is 9.71. The number of hydrogen-bond acceptors (Lipinski definition) is 4. The van der Waals surface area contributed by atoms with Gasteiger partial charge >= 0.3 is 18.3 Å². The Morgan fingerprint density at radius 2 is 1.35 bits per heavy atom. The van der Waals surface area contributed by atoms with Crippen molar-refractivity contribution in [2.45, 2.75) is 25.4 Å². The number of nitrogens with one attached hydrogen (secondary N) is 1. The number of carbonyl (C=O) groups excluding carboxylic acids is 2. The largest absolute Gasteiger partial charge is 0.474 e. The Bertz CT molecular complexity index is 892. The first-order chi connectivity index (χ1) is 14.4. The Morgan fingerprint density at radius 3 is 1.81 bits per heavy atom. The van der Waals surface area contributed by atoms with Crippen LogP contribution < -0.4 is 10.1 Å². The summed E-state index contributed by atoms with van der Waals surface area (Å²) in [5.74, 6) is -1.49. The molecule has 0 saturated carbocycles. The summed E-state index contributed by atoms with van der Waals surface area (Å²) in [4.78, 5) is 23.3. The van der Waals surface area contributed by atoms with E-state index in [2.05, 4.69) is 5.32 Å². The number of carbonyl (C=O) groups is 2. The molecule has 5 nitrogen and oxygen atoms in total. The van der Waals surface area contributed by atoms with Gasteiger partial charge in [-0.1, -0.05) is 12.1 Å². The highest BCUT2D eigenvalue weighted by atomic mass is 19.4. The lowest BCUT2D eigenvalue weighted by Gasteiger charge is -2.19. The van der Waals surface area contributed by atoms with Crippen molar-refractivity contribution in [3.05, 3.63) is 65.2 Å². The average Bonchev–Trinajstić information content (AvgIpc) is 2.68. The topological polar surface area (TPSA) is 64.6 Å². The molecule has 0 bridgehead atoms. The number of ether oxygens (including phenoxy) is 2. The number of halogens is 6. The van der Waals surface area contributed by atoms with E-state index in [1.807, 2.05) is 0 Å². The van der Waals surface area contributed by atoms with E-state index in [-0.39, 0.29) is 30.4 Å². The molecular formula is C20H17F6NO4. The molecule has 1 unspecified atom stereocenters. The normalized spacial score (nSPS) is 12.7. The molecule has 0 aliphatic heterocycles. The van der Waals surface area contributed by atoms with Crippen molar-refractivity contribution in [2.75, 3.05) is 13.2 Å². The molecule has 0 aliphatic carbocycles. The summed E-state index contributed by atoms with van der Waals surface area (Å²) in [6.45, 7) is 0.994. The second-order valence-electron chi connectivity index (χ2n) is 6.29. The lowest BCUT2D eigenvalue weighted by Crippen LogP contribution is -2.28. The Balaban J connectivity index is 2.23. The van der Waals surface area contributed by atoms with Gasteiger partial charge in [-0.05, 0) is 36.4 Å². The minimum absolute atomic E-state index is 0.00238. The van der Waals surface area contributed by atoms with Gasteiger partial charge in [-0.2, -0.15) is 26.3 Å². The van der Waals surface area contributed by atoms with E-state index in [9.17, 15) is 35.9 Å². The zero-order valence-corrected chi connectivity index (χ0v) is 16.0. The smallest absolute Gasteiger partial charge is 0.416 e. The third-order valence-corrected chi connectivity index (χ3v) is 3.91. The Labute approximate surface area is 173 Å². The standard InChI is InChI=1S/C20H17F6NO4/c1-12(28)27-10-11-30-18(29)17(13-2-4-14(5-3-13)19(21,22)23)31-16-8-6-15(7-9-16)20(24,25)26/h2-9,17H,10-11H2,1H3,(H,27,28). The van der Waals surface area contributed by atoms with Crippen LogP contribution in [0, 0.1) is 0 Å². The van der Waals surface area contributed by atoms with Crippen LogP contribution >= 0.6 is 0 Å². The molecule has 1 amide bonds. The van der Waals surface area contributed by atoms with Crippen LogP contribution in [0.15, 0.2) is 48.5 Å². The number of esters is 1. The molecule has 2 aromatic carbocycles. The monoisotopic (exact) mass is 449 g/mol. The number of alkyl halides is 6. The lowest BCUT2D eigenvalue weighted by atomic mass is 10.1. The molecule has 2 aromatic rings. The fourth-order valence-corrected chi connectivity index (χ4v) is 2.41. The molecule has 1 atom stereocenters. The van der Waals surface area contributed by atoms with E-state index < -0.39 is 35.6 Å². The van der Waals surface area contributed by atoms with E-state index in [1.54, 1.807) is 0 Å². The fraction of sp³-hybridized carbons (Fsp3) is 0.300. The summed E-state index contributed by atoms with van der Waals surface area (Å²) in [6.07, 6.45) is -10.7. The molecule has 0 radical (unpaired) electrons. The third kappa shape index (κ3) is 7.19. The van der Waals surface area contributed by atoms with Crippen LogP contribution in [-0.2, 0) is 26.7 Å². The highest BCUT2D eigenvalue weighted by Crippen LogP contribution is 2.33. The second-order valence-corrected chi connectivity index (χ2v) is 6.29. The lowest BCUT2D eigenvalue weighted by molar-refractivity contribution is -0.152.